The molecule has 0 spiro atoms. The average molecular weight is 372 g/mol. The maximum Gasteiger partial charge on any atom is 0.229 e. The summed E-state index contributed by atoms with van der Waals surface area (Å²) in [6, 6.07) is 23.4. The molecule has 6 nitrogen and oxygen atoms in total. The molecule has 0 bridgehead atoms. The molecule has 0 saturated heterocycles. The van der Waals surface area contributed by atoms with Gasteiger partial charge in [-0.2, -0.15) is 4.98 Å². The average Bonchev–Trinajstić information content (AvgIpc) is 2.75. The Bertz CT molecular complexity index is 1100. The van der Waals surface area contributed by atoms with Gasteiger partial charge in [-0.3, -0.25) is 0 Å². The van der Waals surface area contributed by atoms with E-state index in [4.69, 9.17) is 9.47 Å². The molecule has 0 fully saturated rings. The van der Waals surface area contributed by atoms with Crippen LogP contribution in [0.2, 0.25) is 0 Å². The van der Waals surface area contributed by atoms with Gasteiger partial charge in [-0.05, 0) is 36.4 Å². The Hall–Kier alpha value is -3.80. The van der Waals surface area contributed by atoms with Gasteiger partial charge in [0.2, 0.25) is 5.95 Å². The third kappa shape index (κ3) is 3.66. The molecule has 4 rings (SSSR count). The van der Waals surface area contributed by atoms with E-state index in [1.54, 1.807) is 14.2 Å². The number of nitrogens with one attached hydrogen (secondary N) is 2. The minimum Gasteiger partial charge on any atom is -0.497 e. The Morgan fingerprint density at radius 1 is 0.750 bits per heavy atom. The van der Waals surface area contributed by atoms with Crippen molar-refractivity contribution >= 4 is 34.0 Å². The molecule has 2 N–H and O–H groups in total. The fourth-order valence-corrected chi connectivity index (χ4v) is 2.91. The lowest BCUT2D eigenvalue weighted by atomic mass is 10.2. The maximum absolute atomic E-state index is 5.46. The van der Waals surface area contributed by atoms with Crippen molar-refractivity contribution < 1.29 is 9.47 Å². The molecule has 4 aromatic rings. The zero-order valence-corrected chi connectivity index (χ0v) is 15.6. The molecule has 0 aliphatic carbocycles. The van der Waals surface area contributed by atoms with E-state index in [2.05, 4.69) is 20.6 Å². The summed E-state index contributed by atoms with van der Waals surface area (Å²) < 4.78 is 10.7. The SMILES string of the molecule is COc1ccc(Nc2nc(Nc3ccccc3)c3ccccc3n2)c(OC)c1. The van der Waals surface area contributed by atoms with Gasteiger partial charge in [0.05, 0.1) is 25.4 Å². The van der Waals surface area contributed by atoms with Crippen LogP contribution in [-0.2, 0) is 0 Å². The second-order valence-corrected chi connectivity index (χ2v) is 6.10. The van der Waals surface area contributed by atoms with E-state index in [9.17, 15) is 0 Å². The summed E-state index contributed by atoms with van der Waals surface area (Å²) in [4.78, 5) is 9.33. The van der Waals surface area contributed by atoms with Crippen LogP contribution < -0.4 is 20.1 Å². The molecule has 6 heteroatoms. The number of fused-ring (bicyclic) bond motifs is 1. The Morgan fingerprint density at radius 3 is 2.32 bits per heavy atom. The third-order valence-corrected chi connectivity index (χ3v) is 4.29. The van der Waals surface area contributed by atoms with Gasteiger partial charge >= 0.3 is 0 Å². The van der Waals surface area contributed by atoms with Gasteiger partial charge in [-0.25, -0.2) is 4.98 Å². The van der Waals surface area contributed by atoms with Gasteiger partial charge in [0, 0.05) is 17.1 Å². The molecule has 0 aliphatic heterocycles. The molecule has 140 valence electrons. The molecule has 28 heavy (non-hydrogen) atoms. The van der Waals surface area contributed by atoms with Gasteiger partial charge in [-0.1, -0.05) is 30.3 Å². The van der Waals surface area contributed by atoms with Crippen molar-refractivity contribution in [2.75, 3.05) is 24.9 Å². The predicted molar refractivity (Wildman–Crippen MR) is 112 cm³/mol. The van der Waals surface area contributed by atoms with Crippen LogP contribution in [-0.4, -0.2) is 24.2 Å². The topological polar surface area (TPSA) is 68.3 Å². The first-order valence-corrected chi connectivity index (χ1v) is 8.85. The van der Waals surface area contributed by atoms with Crippen LogP contribution in [0.3, 0.4) is 0 Å². The number of anilines is 4. The molecule has 3 aromatic carbocycles. The van der Waals surface area contributed by atoms with Crippen molar-refractivity contribution in [2.24, 2.45) is 0 Å². The molecule has 0 unspecified atom stereocenters. The van der Waals surface area contributed by atoms with Gasteiger partial charge in [0.1, 0.15) is 17.3 Å². The summed E-state index contributed by atoms with van der Waals surface area (Å²) in [6.45, 7) is 0. The predicted octanol–water partition coefficient (Wildman–Crippen LogP) is 5.13. The van der Waals surface area contributed by atoms with E-state index in [0.29, 0.717) is 17.4 Å². The van der Waals surface area contributed by atoms with Crippen molar-refractivity contribution in [2.45, 2.75) is 0 Å². The van der Waals surface area contributed by atoms with E-state index in [-0.39, 0.29) is 0 Å². The summed E-state index contributed by atoms with van der Waals surface area (Å²) in [5, 5.41) is 7.57. The fourth-order valence-electron chi connectivity index (χ4n) is 2.91. The quantitative estimate of drug-likeness (QED) is 0.489. The largest absolute Gasteiger partial charge is 0.497 e. The van der Waals surface area contributed by atoms with E-state index < -0.39 is 0 Å². The van der Waals surface area contributed by atoms with E-state index in [0.717, 1.165) is 28.1 Å². The van der Waals surface area contributed by atoms with Gasteiger partial charge in [0.25, 0.3) is 0 Å². The zero-order valence-electron chi connectivity index (χ0n) is 15.6. The van der Waals surface area contributed by atoms with E-state index in [1.165, 1.54) is 0 Å². The van der Waals surface area contributed by atoms with Crippen LogP contribution in [0, 0.1) is 0 Å². The number of hydrogen-bond acceptors (Lipinski definition) is 6. The van der Waals surface area contributed by atoms with Crippen LogP contribution in [0.25, 0.3) is 10.9 Å². The number of methoxy groups -OCH3 is 2. The van der Waals surface area contributed by atoms with Crippen molar-refractivity contribution in [3.8, 4) is 11.5 Å². The highest BCUT2D eigenvalue weighted by Gasteiger charge is 2.11. The Labute approximate surface area is 163 Å². The molecule has 0 radical (unpaired) electrons. The van der Waals surface area contributed by atoms with Crippen LogP contribution in [0.15, 0.2) is 72.8 Å². The zero-order chi connectivity index (χ0) is 19.3. The number of benzene rings is 3. The smallest absolute Gasteiger partial charge is 0.229 e. The van der Waals surface area contributed by atoms with E-state index in [1.807, 2.05) is 72.8 Å². The number of rotatable bonds is 6. The molecule has 0 atom stereocenters. The second kappa shape index (κ2) is 7.84. The van der Waals surface area contributed by atoms with Gasteiger partial charge in [0.15, 0.2) is 0 Å². The minimum absolute atomic E-state index is 0.473. The molecule has 0 amide bonds. The fraction of sp³-hybridized carbons (Fsp3) is 0.0909. The number of aromatic nitrogens is 2. The number of nitrogens with zero attached hydrogens (tertiary/aromatic N) is 2. The summed E-state index contributed by atoms with van der Waals surface area (Å²) in [7, 11) is 3.24. The Morgan fingerprint density at radius 2 is 1.54 bits per heavy atom. The normalized spacial score (nSPS) is 10.5. The molecular formula is C22H20N4O2. The van der Waals surface area contributed by atoms with Gasteiger partial charge < -0.3 is 20.1 Å². The molecule has 1 heterocycles. The summed E-state index contributed by atoms with van der Waals surface area (Å²) in [6.07, 6.45) is 0. The van der Waals surface area contributed by atoms with Gasteiger partial charge in [-0.15, -0.1) is 0 Å². The lowest BCUT2D eigenvalue weighted by Gasteiger charge is -2.14. The molecule has 1 aromatic heterocycles. The summed E-state index contributed by atoms with van der Waals surface area (Å²) in [5.74, 6) is 2.56. The minimum atomic E-state index is 0.473. The first kappa shape index (κ1) is 17.6. The summed E-state index contributed by atoms with van der Waals surface area (Å²) >= 11 is 0. The van der Waals surface area contributed by atoms with Crippen LogP contribution in [0.5, 0.6) is 11.5 Å². The molecule has 0 saturated carbocycles. The molecular weight excluding hydrogens is 352 g/mol. The number of ether oxygens (including phenoxy) is 2. The first-order chi connectivity index (χ1) is 13.8. The maximum atomic E-state index is 5.46. The van der Waals surface area contributed by atoms with Crippen LogP contribution in [0.4, 0.5) is 23.1 Å². The highest BCUT2D eigenvalue weighted by Crippen LogP contribution is 2.32. The lowest BCUT2D eigenvalue weighted by molar-refractivity contribution is 0.395. The standard InChI is InChI=1S/C22H20N4O2/c1-27-16-12-13-19(20(14-16)28-2)25-22-24-18-11-7-6-10-17(18)21(26-22)23-15-8-4-3-5-9-15/h3-14H,1-2H3,(H2,23,24,25,26). The molecule has 0 aliphatic rings. The summed E-state index contributed by atoms with van der Waals surface area (Å²) in [5.41, 5.74) is 2.55. The highest BCUT2D eigenvalue weighted by molar-refractivity contribution is 5.92. The van der Waals surface area contributed by atoms with Crippen LogP contribution >= 0.6 is 0 Å². The van der Waals surface area contributed by atoms with Crippen LogP contribution in [0.1, 0.15) is 0 Å². The van der Waals surface area contributed by atoms with Crippen molar-refractivity contribution in [1.82, 2.24) is 9.97 Å². The third-order valence-electron chi connectivity index (χ3n) is 4.29. The monoisotopic (exact) mass is 372 g/mol. The van der Waals surface area contributed by atoms with Crippen molar-refractivity contribution in [1.29, 1.82) is 0 Å². The number of hydrogen-bond donors (Lipinski definition) is 2. The first-order valence-electron chi connectivity index (χ1n) is 8.85. The number of para-hydroxylation sites is 2. The Balaban J connectivity index is 1.74. The second-order valence-electron chi connectivity index (χ2n) is 6.10. The van der Waals surface area contributed by atoms with Crippen molar-refractivity contribution in [3.63, 3.8) is 0 Å². The lowest BCUT2D eigenvalue weighted by Crippen LogP contribution is -2.03. The van der Waals surface area contributed by atoms with Crippen molar-refractivity contribution in [3.05, 3.63) is 72.8 Å². The highest BCUT2D eigenvalue weighted by atomic mass is 16.5. The Kier molecular flexibility index (Phi) is 4.93. The van der Waals surface area contributed by atoms with E-state index >= 15 is 0 Å².